The van der Waals surface area contributed by atoms with E-state index in [-0.39, 0.29) is 16.8 Å². The van der Waals surface area contributed by atoms with Crippen molar-refractivity contribution in [3.05, 3.63) is 208 Å². The zero-order chi connectivity index (χ0) is 64.3. The van der Waals surface area contributed by atoms with Crippen molar-refractivity contribution in [2.45, 2.75) is 166 Å². The molecule has 0 unspecified atom stereocenters. The van der Waals surface area contributed by atoms with Gasteiger partial charge in [-0.2, -0.15) is 0 Å². The van der Waals surface area contributed by atoms with E-state index in [2.05, 4.69) is 167 Å². The summed E-state index contributed by atoms with van der Waals surface area (Å²) >= 11 is 3.43. The van der Waals surface area contributed by atoms with Gasteiger partial charge in [-0.1, -0.05) is 194 Å². The minimum Gasteiger partial charge on any atom is -0.366 e. The summed E-state index contributed by atoms with van der Waals surface area (Å²) in [6, 6.07) is 39.4. The molecule has 10 rings (SSSR count). The van der Waals surface area contributed by atoms with E-state index in [9.17, 15) is 20.2 Å². The van der Waals surface area contributed by atoms with Crippen molar-refractivity contribution in [3.63, 3.8) is 0 Å². The lowest BCUT2D eigenvalue weighted by atomic mass is 9.88. The summed E-state index contributed by atoms with van der Waals surface area (Å²) in [5.41, 5.74) is 16.5. The number of hydrogen-bond donors (Lipinski definition) is 0. The summed E-state index contributed by atoms with van der Waals surface area (Å²) in [5, 5.41) is 43.0. The Hall–Kier alpha value is -8.35. The molecule has 88 heavy (non-hydrogen) atoms. The molecule has 0 atom stereocenters. The molecule has 0 amide bonds. The molecule has 0 bridgehead atoms. The number of nitro benzene ring substituents is 2. The van der Waals surface area contributed by atoms with E-state index in [0.717, 1.165) is 151 Å². The lowest BCUT2D eigenvalue weighted by Crippen LogP contribution is -2.38. The van der Waals surface area contributed by atoms with Crippen LogP contribution in [-0.4, -0.2) is 43.7 Å². The third-order valence-corrected chi connectivity index (χ3v) is 17.1. The topological polar surface area (TPSA) is 216 Å². The van der Waals surface area contributed by atoms with Crippen molar-refractivity contribution in [2.24, 2.45) is 0 Å². The van der Waals surface area contributed by atoms with Crippen LogP contribution in [0.25, 0.3) is 56.4 Å². The lowest BCUT2D eigenvalue weighted by molar-refractivity contribution is -0.385. The molecule has 464 valence electrons. The summed E-state index contributed by atoms with van der Waals surface area (Å²) in [7, 11) is -1.56. The number of aromatic nitrogens is 5. The zero-order valence-corrected chi connectivity index (χ0v) is 56.3. The molecule has 0 spiro atoms. The number of benzene rings is 5. The van der Waals surface area contributed by atoms with E-state index in [1.165, 1.54) is 53.8 Å². The van der Waals surface area contributed by atoms with Crippen molar-refractivity contribution in [3.8, 4) is 56.4 Å². The van der Waals surface area contributed by atoms with Crippen LogP contribution in [0, 0.1) is 61.8 Å². The normalized spacial score (nSPS) is 11.1. The molecule has 0 saturated heterocycles. The molecule has 10 aromatic rings. The second kappa shape index (κ2) is 32.0. The quantitative estimate of drug-likeness (QED) is 0.0471. The summed E-state index contributed by atoms with van der Waals surface area (Å²) < 4.78 is 28.2. The van der Waals surface area contributed by atoms with Crippen LogP contribution in [0.3, 0.4) is 0 Å². The molecule has 0 aliphatic carbocycles. The zero-order valence-electron chi connectivity index (χ0n) is 53.7. The molecular weight excluding hydrogens is 1190 g/mol. The Balaban J connectivity index is 0.000000176. The van der Waals surface area contributed by atoms with Crippen LogP contribution in [0.2, 0.25) is 19.6 Å². The first-order valence-corrected chi connectivity index (χ1v) is 34.3. The summed E-state index contributed by atoms with van der Waals surface area (Å²) in [6.45, 7) is 31.8. The van der Waals surface area contributed by atoms with Crippen LogP contribution in [0.5, 0.6) is 0 Å². The third kappa shape index (κ3) is 18.6. The Morgan fingerprint density at radius 1 is 0.443 bits per heavy atom. The average Bonchev–Trinajstić information content (AvgIpc) is 3.85. The summed E-state index contributed by atoms with van der Waals surface area (Å²) in [5.74, 6) is 3.83. The Bertz CT molecular complexity index is 3700. The highest BCUT2D eigenvalue weighted by Gasteiger charge is 2.27. The number of nitro groups is 2. The Labute approximate surface area is 526 Å². The standard InChI is InChI=1S/C15H19NO.C14H16BrNO.C14H16N2O3.C14H17NO.C13H16N2O3Si/c1-4-5-6-14-12(3)15(16-17-14)13-9-7-11(2)8-10-13;1-3-4-5-13-10(2)14(16-17-13)11-6-8-12(15)9-7-11;1-3-4-5-13-10(2)14(15-19-13)11-6-8-12(9-7-11)16(17)18;1-10-12(11-8-6-5-7-9-11)16-15-13(10)14(2,3)4;1-9-12(14-18-13(9)19(2,3)4)10-5-7-11(8-6-10)15(16)17/h7-10H,4-6H2,1-3H3;6-9H,3-5H2,1-2H3;6-9H,3-5H2,1-2H3;5-9H,1-4H3;5-8H,1-4H3. The Morgan fingerprint density at radius 2 is 0.795 bits per heavy atom. The van der Waals surface area contributed by atoms with Crippen LogP contribution in [-0.2, 0) is 24.7 Å². The van der Waals surface area contributed by atoms with E-state index in [1.807, 2.05) is 56.3 Å². The monoisotopic (exact) mass is 1270 g/mol. The third-order valence-electron chi connectivity index (χ3n) is 14.8. The van der Waals surface area contributed by atoms with Gasteiger partial charge in [-0.05, 0) is 97.2 Å². The van der Waals surface area contributed by atoms with Crippen LogP contribution in [0.4, 0.5) is 11.4 Å². The van der Waals surface area contributed by atoms with Crippen molar-refractivity contribution in [1.29, 1.82) is 0 Å². The van der Waals surface area contributed by atoms with Gasteiger partial charge in [0.15, 0.2) is 5.76 Å². The second-order valence-corrected chi connectivity index (χ2v) is 29.7. The average molecular weight is 1280 g/mol. The largest absolute Gasteiger partial charge is 0.366 e. The Morgan fingerprint density at radius 3 is 1.12 bits per heavy atom. The highest BCUT2D eigenvalue weighted by atomic mass is 79.9. The van der Waals surface area contributed by atoms with Gasteiger partial charge in [0.05, 0.1) is 15.5 Å². The van der Waals surface area contributed by atoms with E-state index >= 15 is 0 Å². The first-order valence-electron chi connectivity index (χ1n) is 30.0. The van der Waals surface area contributed by atoms with Crippen molar-refractivity contribution in [1.82, 2.24) is 25.8 Å². The van der Waals surface area contributed by atoms with Gasteiger partial charge in [0.1, 0.15) is 53.5 Å². The maximum absolute atomic E-state index is 10.6. The lowest BCUT2D eigenvalue weighted by Gasteiger charge is -2.14. The number of nitrogens with zero attached hydrogens (tertiary/aromatic N) is 7. The minimum absolute atomic E-state index is 0.0284. The van der Waals surface area contributed by atoms with Crippen molar-refractivity contribution in [2.75, 3.05) is 0 Å². The summed E-state index contributed by atoms with van der Waals surface area (Å²) in [6.07, 6.45) is 9.67. The fourth-order valence-electron chi connectivity index (χ4n) is 9.63. The predicted octanol–water partition coefficient (Wildman–Crippen LogP) is 20.0. The molecule has 5 aromatic carbocycles. The van der Waals surface area contributed by atoms with Gasteiger partial charge in [-0.15, -0.1) is 0 Å². The molecule has 0 radical (unpaired) electrons. The maximum Gasteiger partial charge on any atom is 0.269 e. The van der Waals surface area contributed by atoms with Crippen LogP contribution in [0.1, 0.15) is 136 Å². The molecule has 0 aliphatic heterocycles. The van der Waals surface area contributed by atoms with Gasteiger partial charge < -0.3 is 22.6 Å². The highest BCUT2D eigenvalue weighted by molar-refractivity contribution is 9.10. The van der Waals surface area contributed by atoms with Gasteiger partial charge in [0.25, 0.3) is 11.4 Å². The van der Waals surface area contributed by atoms with E-state index in [4.69, 9.17) is 22.6 Å². The maximum atomic E-state index is 10.6. The number of halogens is 1. The first-order chi connectivity index (χ1) is 41.9. The number of aryl methyl sites for hydroxylation is 4. The van der Waals surface area contributed by atoms with E-state index in [1.54, 1.807) is 24.3 Å². The van der Waals surface area contributed by atoms with Gasteiger partial charge in [0, 0.05) is 109 Å². The molecule has 16 nitrogen and oxygen atoms in total. The number of rotatable bonds is 17. The fraction of sp³-hybridized carbons (Fsp3) is 0.357. The van der Waals surface area contributed by atoms with Gasteiger partial charge in [-0.25, -0.2) is 0 Å². The van der Waals surface area contributed by atoms with Crippen molar-refractivity contribution >= 4 is 40.8 Å². The highest BCUT2D eigenvalue weighted by Crippen LogP contribution is 2.33. The van der Waals surface area contributed by atoms with Crippen LogP contribution >= 0.6 is 15.9 Å². The smallest absolute Gasteiger partial charge is 0.269 e. The molecule has 5 heterocycles. The second-order valence-electron chi connectivity index (χ2n) is 23.9. The van der Waals surface area contributed by atoms with Crippen molar-refractivity contribution < 1.29 is 32.5 Å². The van der Waals surface area contributed by atoms with Gasteiger partial charge in [-0.3, -0.25) is 20.2 Å². The molecule has 0 aliphatic rings. The molecule has 0 N–H and O–H groups in total. The molecule has 0 saturated carbocycles. The molecule has 18 heteroatoms. The van der Waals surface area contributed by atoms with Gasteiger partial charge >= 0.3 is 0 Å². The predicted molar refractivity (Wildman–Crippen MR) is 357 cm³/mol. The first kappa shape index (κ1) is 68.8. The van der Waals surface area contributed by atoms with E-state index in [0.29, 0.717) is 0 Å². The molecular formula is C70H84BrN7O9Si. The number of non-ortho nitro benzene ring substituents is 2. The SMILES string of the molecule is CCCCc1onc(-c2ccc(Br)cc2)c1C.CCCCc1onc(-c2ccc(C)cc2)c1C.CCCCc1onc(-c2ccc([N+](=O)[O-])cc2)c1C.Cc1c(-c2ccc([N+](=O)[O-])cc2)noc1[Si](C)(C)C.Cc1c(C(C)(C)C)noc1-c1ccccc1. The van der Waals surface area contributed by atoms with E-state index < -0.39 is 17.9 Å². The van der Waals surface area contributed by atoms with Crippen LogP contribution in [0.15, 0.2) is 154 Å². The Kier molecular flexibility index (Phi) is 25.0. The number of hydrogen-bond acceptors (Lipinski definition) is 14. The minimum atomic E-state index is -1.56. The van der Waals surface area contributed by atoms with Crippen LogP contribution < -0.4 is 5.38 Å². The molecule has 0 fully saturated rings. The fourth-order valence-corrected chi connectivity index (χ4v) is 11.5. The molecule has 5 aromatic heterocycles. The number of unbranched alkanes of at least 4 members (excludes halogenated alkanes) is 3. The van der Waals surface area contributed by atoms with Gasteiger partial charge in [0.2, 0.25) is 0 Å². The summed E-state index contributed by atoms with van der Waals surface area (Å²) in [4.78, 5) is 20.4.